The zero-order chi connectivity index (χ0) is 12.3. The molecule has 1 heterocycles. The van der Waals surface area contributed by atoms with Gasteiger partial charge >= 0.3 is 0 Å². The SMILES string of the molecule is Fc1ccc(Br)c(OCc2ccc(Cl)nn2)c1. The van der Waals surface area contributed by atoms with Crippen molar-refractivity contribution in [3.8, 4) is 5.75 Å². The van der Waals surface area contributed by atoms with Crippen molar-refractivity contribution in [1.82, 2.24) is 10.2 Å². The van der Waals surface area contributed by atoms with Gasteiger partial charge in [-0.25, -0.2) is 4.39 Å². The van der Waals surface area contributed by atoms with Crippen LogP contribution in [0.25, 0.3) is 0 Å². The topological polar surface area (TPSA) is 35.0 Å². The summed E-state index contributed by atoms with van der Waals surface area (Å²) in [7, 11) is 0. The maximum Gasteiger partial charge on any atom is 0.151 e. The summed E-state index contributed by atoms with van der Waals surface area (Å²) in [6, 6.07) is 7.54. The van der Waals surface area contributed by atoms with Crippen molar-refractivity contribution in [3.63, 3.8) is 0 Å². The van der Waals surface area contributed by atoms with E-state index in [9.17, 15) is 4.39 Å². The lowest BCUT2D eigenvalue weighted by atomic mass is 10.3. The molecule has 0 fully saturated rings. The smallest absolute Gasteiger partial charge is 0.151 e. The number of benzene rings is 1. The number of halogens is 3. The fourth-order valence-electron chi connectivity index (χ4n) is 1.16. The van der Waals surface area contributed by atoms with Crippen molar-refractivity contribution in [2.45, 2.75) is 6.61 Å². The molecule has 0 aliphatic carbocycles. The molecular formula is C11H7BrClFN2O. The van der Waals surface area contributed by atoms with Crippen molar-refractivity contribution in [2.24, 2.45) is 0 Å². The average Bonchev–Trinajstić information content (AvgIpc) is 2.32. The van der Waals surface area contributed by atoms with E-state index in [0.717, 1.165) is 0 Å². The van der Waals surface area contributed by atoms with E-state index in [4.69, 9.17) is 16.3 Å². The van der Waals surface area contributed by atoms with Gasteiger partial charge in [0.05, 0.1) is 4.47 Å². The summed E-state index contributed by atoms with van der Waals surface area (Å²) in [6.07, 6.45) is 0. The third-order valence-corrected chi connectivity index (χ3v) is 2.81. The van der Waals surface area contributed by atoms with Gasteiger partial charge in [-0.05, 0) is 40.2 Å². The van der Waals surface area contributed by atoms with Crippen LogP contribution in [0.15, 0.2) is 34.8 Å². The lowest BCUT2D eigenvalue weighted by Gasteiger charge is -2.07. The number of aromatic nitrogens is 2. The van der Waals surface area contributed by atoms with Crippen LogP contribution >= 0.6 is 27.5 Å². The fraction of sp³-hybridized carbons (Fsp3) is 0.0909. The quantitative estimate of drug-likeness (QED) is 0.867. The second-order valence-electron chi connectivity index (χ2n) is 3.21. The number of nitrogens with zero attached hydrogens (tertiary/aromatic N) is 2. The first kappa shape index (κ1) is 12.3. The lowest BCUT2D eigenvalue weighted by molar-refractivity contribution is 0.296. The Bertz CT molecular complexity index is 521. The van der Waals surface area contributed by atoms with Crippen LogP contribution in [0, 0.1) is 5.82 Å². The summed E-state index contributed by atoms with van der Waals surface area (Å²) in [5.74, 6) is 0.0622. The number of hydrogen-bond acceptors (Lipinski definition) is 3. The normalized spacial score (nSPS) is 10.3. The Kier molecular flexibility index (Phi) is 3.91. The van der Waals surface area contributed by atoms with Crippen LogP contribution in [0.4, 0.5) is 4.39 Å². The van der Waals surface area contributed by atoms with E-state index in [-0.39, 0.29) is 12.4 Å². The third kappa shape index (κ3) is 3.38. The van der Waals surface area contributed by atoms with Gasteiger partial charge in [-0.15, -0.1) is 5.10 Å². The Morgan fingerprint density at radius 1 is 1.24 bits per heavy atom. The van der Waals surface area contributed by atoms with Gasteiger partial charge in [-0.2, -0.15) is 5.10 Å². The van der Waals surface area contributed by atoms with Crippen molar-refractivity contribution < 1.29 is 9.13 Å². The number of rotatable bonds is 3. The lowest BCUT2D eigenvalue weighted by Crippen LogP contribution is -2.00. The van der Waals surface area contributed by atoms with Crippen molar-refractivity contribution in [3.05, 3.63) is 51.5 Å². The molecule has 1 aromatic heterocycles. The maximum atomic E-state index is 13.0. The van der Waals surface area contributed by atoms with E-state index in [1.807, 2.05) is 0 Å². The molecule has 0 bridgehead atoms. The molecule has 0 radical (unpaired) electrons. The first-order valence-corrected chi connectivity index (χ1v) is 5.88. The van der Waals surface area contributed by atoms with Crippen LogP contribution in [0.2, 0.25) is 5.15 Å². The predicted octanol–water partition coefficient (Wildman–Crippen LogP) is 3.61. The molecule has 88 valence electrons. The molecule has 0 saturated carbocycles. The second-order valence-corrected chi connectivity index (χ2v) is 4.45. The summed E-state index contributed by atoms with van der Waals surface area (Å²) >= 11 is 8.87. The summed E-state index contributed by atoms with van der Waals surface area (Å²) in [5.41, 5.74) is 0.616. The van der Waals surface area contributed by atoms with Crippen LogP contribution < -0.4 is 4.74 Å². The van der Waals surface area contributed by atoms with Crippen LogP contribution in [-0.2, 0) is 6.61 Å². The minimum absolute atomic E-state index is 0.201. The highest BCUT2D eigenvalue weighted by Gasteiger charge is 2.04. The van der Waals surface area contributed by atoms with Crippen molar-refractivity contribution in [2.75, 3.05) is 0 Å². The monoisotopic (exact) mass is 316 g/mol. The molecule has 17 heavy (non-hydrogen) atoms. The highest BCUT2D eigenvalue weighted by atomic mass is 79.9. The van der Waals surface area contributed by atoms with Gasteiger partial charge in [0.2, 0.25) is 0 Å². The van der Waals surface area contributed by atoms with E-state index in [2.05, 4.69) is 26.1 Å². The van der Waals surface area contributed by atoms with E-state index in [1.165, 1.54) is 12.1 Å². The minimum Gasteiger partial charge on any atom is -0.486 e. The molecule has 0 atom stereocenters. The van der Waals surface area contributed by atoms with Gasteiger partial charge < -0.3 is 4.74 Å². The van der Waals surface area contributed by atoms with E-state index in [1.54, 1.807) is 18.2 Å². The van der Waals surface area contributed by atoms with Gasteiger partial charge in [0, 0.05) is 6.07 Å². The number of ether oxygens (including phenoxy) is 1. The Hall–Kier alpha value is -1.20. The molecular weight excluding hydrogens is 310 g/mol. The Labute approximate surface area is 111 Å². The zero-order valence-corrected chi connectivity index (χ0v) is 10.9. The second kappa shape index (κ2) is 5.42. The number of hydrogen-bond donors (Lipinski definition) is 0. The average molecular weight is 318 g/mol. The molecule has 2 rings (SSSR count). The fourth-order valence-corrected chi connectivity index (χ4v) is 1.62. The summed E-state index contributed by atoms with van der Waals surface area (Å²) in [5, 5.41) is 7.83. The first-order chi connectivity index (χ1) is 8.15. The Balaban J connectivity index is 2.07. The molecule has 0 aliphatic heterocycles. The molecule has 1 aromatic carbocycles. The molecule has 0 amide bonds. The molecule has 2 aromatic rings. The van der Waals surface area contributed by atoms with Gasteiger partial charge in [-0.1, -0.05) is 11.6 Å². The maximum absolute atomic E-state index is 13.0. The standard InChI is InChI=1S/C11H7BrClFN2O/c12-9-3-1-7(14)5-10(9)17-6-8-2-4-11(13)16-15-8/h1-5H,6H2. The van der Waals surface area contributed by atoms with Crippen LogP contribution in [0.3, 0.4) is 0 Å². The van der Waals surface area contributed by atoms with Gasteiger partial charge in [-0.3, -0.25) is 0 Å². The molecule has 0 spiro atoms. The predicted molar refractivity (Wildman–Crippen MR) is 65.5 cm³/mol. The molecule has 0 N–H and O–H groups in total. The third-order valence-electron chi connectivity index (χ3n) is 1.96. The molecule has 3 nitrogen and oxygen atoms in total. The summed E-state index contributed by atoms with van der Waals surface area (Å²) in [4.78, 5) is 0. The van der Waals surface area contributed by atoms with Gasteiger partial charge in [0.15, 0.2) is 5.15 Å². The molecule has 0 aliphatic rings. The zero-order valence-electron chi connectivity index (χ0n) is 8.53. The van der Waals surface area contributed by atoms with Gasteiger partial charge in [0.1, 0.15) is 23.9 Å². The van der Waals surface area contributed by atoms with Crippen LogP contribution in [-0.4, -0.2) is 10.2 Å². The van der Waals surface area contributed by atoms with E-state index < -0.39 is 0 Å². The summed E-state index contributed by atoms with van der Waals surface area (Å²) < 4.78 is 19.1. The Morgan fingerprint density at radius 3 is 2.76 bits per heavy atom. The highest BCUT2D eigenvalue weighted by Crippen LogP contribution is 2.26. The largest absolute Gasteiger partial charge is 0.486 e. The van der Waals surface area contributed by atoms with Crippen LogP contribution in [0.1, 0.15) is 5.69 Å². The molecule has 0 saturated heterocycles. The van der Waals surface area contributed by atoms with Gasteiger partial charge in [0.25, 0.3) is 0 Å². The van der Waals surface area contributed by atoms with E-state index >= 15 is 0 Å². The highest BCUT2D eigenvalue weighted by molar-refractivity contribution is 9.10. The van der Waals surface area contributed by atoms with Crippen LogP contribution in [0.5, 0.6) is 5.75 Å². The van der Waals surface area contributed by atoms with E-state index in [0.29, 0.717) is 21.1 Å². The Morgan fingerprint density at radius 2 is 2.06 bits per heavy atom. The van der Waals surface area contributed by atoms with Crippen molar-refractivity contribution >= 4 is 27.5 Å². The minimum atomic E-state index is -0.356. The first-order valence-electron chi connectivity index (χ1n) is 4.71. The van der Waals surface area contributed by atoms with Crippen molar-refractivity contribution in [1.29, 1.82) is 0 Å². The molecule has 0 unspecified atom stereocenters. The summed E-state index contributed by atoms with van der Waals surface area (Å²) in [6.45, 7) is 0.201. The molecule has 6 heteroatoms.